The molecular weight excluding hydrogens is 330 g/mol. The number of hydrogen-bond acceptors (Lipinski definition) is 5. The van der Waals surface area contributed by atoms with Gasteiger partial charge < -0.3 is 0 Å². The lowest BCUT2D eigenvalue weighted by Gasteiger charge is -2.24. The van der Waals surface area contributed by atoms with Crippen LogP contribution in [0.25, 0.3) is 10.2 Å². The summed E-state index contributed by atoms with van der Waals surface area (Å²) >= 11 is 1.50. The summed E-state index contributed by atoms with van der Waals surface area (Å²) in [5.74, 6) is 0. The van der Waals surface area contributed by atoms with Gasteiger partial charge in [-0.2, -0.15) is 4.31 Å². The third-order valence-corrected chi connectivity index (χ3v) is 6.91. The molecule has 1 unspecified atom stereocenters. The van der Waals surface area contributed by atoms with Crippen molar-refractivity contribution < 1.29 is 8.42 Å². The number of fused-ring (bicyclic) bond motifs is 1. The monoisotopic (exact) mass is 345 g/mol. The van der Waals surface area contributed by atoms with E-state index in [1.54, 1.807) is 22.8 Å². The van der Waals surface area contributed by atoms with Crippen molar-refractivity contribution in [3.8, 4) is 0 Å². The van der Waals surface area contributed by atoms with Crippen LogP contribution in [-0.4, -0.2) is 29.2 Å². The third-order valence-electron chi connectivity index (χ3n) is 4.18. The van der Waals surface area contributed by atoms with Gasteiger partial charge in [-0.1, -0.05) is 0 Å². The van der Waals surface area contributed by atoms with Crippen molar-refractivity contribution in [2.24, 2.45) is 0 Å². The maximum atomic E-state index is 13.1. The maximum Gasteiger partial charge on any atom is 0.245 e. The Morgan fingerprint density at radius 2 is 2.04 bits per heavy atom. The van der Waals surface area contributed by atoms with Gasteiger partial charge in [0.05, 0.1) is 16.3 Å². The minimum atomic E-state index is -3.55. The number of nitrogens with zero attached hydrogens (tertiary/aromatic N) is 3. The number of rotatable bonds is 3. The van der Waals surface area contributed by atoms with Gasteiger partial charge in [0.1, 0.15) is 4.90 Å². The van der Waals surface area contributed by atoms with Crippen LogP contribution in [0.4, 0.5) is 0 Å². The molecule has 1 aliphatic rings. The first-order valence-corrected chi connectivity index (χ1v) is 9.73. The quantitative estimate of drug-likeness (QED) is 0.731. The Bertz CT molecular complexity index is 938. The molecule has 118 valence electrons. The Labute approximate surface area is 138 Å². The molecule has 3 aromatic rings. The van der Waals surface area contributed by atoms with Crippen LogP contribution in [-0.2, 0) is 10.0 Å². The molecule has 23 heavy (non-hydrogen) atoms. The average Bonchev–Trinajstić information content (AvgIpc) is 3.24. The van der Waals surface area contributed by atoms with Crippen LogP contribution in [0.2, 0.25) is 0 Å². The molecule has 0 spiro atoms. The van der Waals surface area contributed by atoms with Crippen molar-refractivity contribution in [1.82, 2.24) is 14.3 Å². The second-order valence-corrected chi connectivity index (χ2v) is 8.37. The molecule has 1 fully saturated rings. The first-order valence-electron chi connectivity index (χ1n) is 7.41. The van der Waals surface area contributed by atoms with E-state index in [-0.39, 0.29) is 10.9 Å². The van der Waals surface area contributed by atoms with Gasteiger partial charge >= 0.3 is 0 Å². The highest BCUT2D eigenvalue weighted by molar-refractivity contribution is 7.89. The highest BCUT2D eigenvalue weighted by Gasteiger charge is 2.36. The summed E-state index contributed by atoms with van der Waals surface area (Å²) in [6.07, 6.45) is 6.57. The third kappa shape index (κ3) is 2.54. The van der Waals surface area contributed by atoms with Crippen molar-refractivity contribution in [2.45, 2.75) is 23.8 Å². The van der Waals surface area contributed by atoms with Gasteiger partial charge in [-0.15, -0.1) is 11.3 Å². The molecule has 0 bridgehead atoms. The molecule has 1 atom stereocenters. The van der Waals surface area contributed by atoms with Crippen LogP contribution >= 0.6 is 11.3 Å². The summed E-state index contributed by atoms with van der Waals surface area (Å²) in [5.41, 5.74) is 1.83. The summed E-state index contributed by atoms with van der Waals surface area (Å²) in [4.78, 5) is 8.56. The maximum absolute atomic E-state index is 13.1. The highest BCUT2D eigenvalue weighted by atomic mass is 32.2. The lowest BCUT2D eigenvalue weighted by molar-refractivity contribution is 0.396. The Morgan fingerprint density at radius 1 is 1.22 bits per heavy atom. The predicted octanol–water partition coefficient (Wildman–Crippen LogP) is 3.22. The smallest absolute Gasteiger partial charge is 0.245 e. The molecule has 0 amide bonds. The zero-order valence-corrected chi connectivity index (χ0v) is 13.9. The van der Waals surface area contributed by atoms with Gasteiger partial charge in [-0.05, 0) is 48.1 Å². The zero-order valence-electron chi connectivity index (χ0n) is 12.3. The lowest BCUT2D eigenvalue weighted by Crippen LogP contribution is -2.30. The SMILES string of the molecule is O=S(=O)(c1cnc2ccsc2c1)N1CCCC1c1ccncc1. The summed E-state index contributed by atoms with van der Waals surface area (Å²) < 4.78 is 28.6. The van der Waals surface area contributed by atoms with E-state index in [0.29, 0.717) is 6.54 Å². The largest absolute Gasteiger partial charge is 0.265 e. The van der Waals surface area contributed by atoms with E-state index in [0.717, 1.165) is 28.6 Å². The van der Waals surface area contributed by atoms with Crippen LogP contribution in [0.5, 0.6) is 0 Å². The number of hydrogen-bond donors (Lipinski definition) is 0. The lowest BCUT2D eigenvalue weighted by atomic mass is 10.1. The van der Waals surface area contributed by atoms with E-state index in [1.807, 2.05) is 23.6 Å². The molecule has 0 aliphatic carbocycles. The zero-order chi connectivity index (χ0) is 15.9. The van der Waals surface area contributed by atoms with E-state index >= 15 is 0 Å². The molecule has 1 aliphatic heterocycles. The van der Waals surface area contributed by atoms with Crippen LogP contribution in [0.3, 0.4) is 0 Å². The van der Waals surface area contributed by atoms with Gasteiger partial charge in [-0.25, -0.2) is 8.42 Å². The van der Waals surface area contributed by atoms with Gasteiger partial charge in [0.25, 0.3) is 0 Å². The minimum Gasteiger partial charge on any atom is -0.265 e. The van der Waals surface area contributed by atoms with E-state index in [1.165, 1.54) is 17.5 Å². The second kappa shape index (κ2) is 5.67. The number of pyridine rings is 2. The summed E-state index contributed by atoms with van der Waals surface area (Å²) in [6.45, 7) is 0.539. The van der Waals surface area contributed by atoms with Crippen molar-refractivity contribution in [3.05, 3.63) is 53.8 Å². The van der Waals surface area contributed by atoms with Crippen molar-refractivity contribution in [1.29, 1.82) is 0 Å². The van der Waals surface area contributed by atoms with Gasteiger partial charge in [-0.3, -0.25) is 9.97 Å². The average molecular weight is 345 g/mol. The van der Waals surface area contributed by atoms with E-state index < -0.39 is 10.0 Å². The summed E-state index contributed by atoms with van der Waals surface area (Å²) in [6, 6.07) is 7.27. The van der Waals surface area contributed by atoms with E-state index in [9.17, 15) is 8.42 Å². The molecule has 1 saturated heterocycles. The molecule has 7 heteroatoms. The standard InChI is InChI=1S/C16H15N3O2S2/c20-23(21,13-10-16-14(18-11-13)5-9-22-16)19-8-1-2-15(19)12-3-6-17-7-4-12/h3-7,9-11,15H,1-2,8H2. The molecule has 0 aromatic carbocycles. The van der Waals surface area contributed by atoms with Crippen molar-refractivity contribution >= 4 is 31.6 Å². The predicted molar refractivity (Wildman–Crippen MR) is 89.7 cm³/mol. The Kier molecular flexibility index (Phi) is 3.63. The molecule has 3 aromatic heterocycles. The first kappa shape index (κ1) is 14.7. The molecule has 4 heterocycles. The topological polar surface area (TPSA) is 63.2 Å². The molecule has 4 rings (SSSR count). The number of aromatic nitrogens is 2. The van der Waals surface area contributed by atoms with Gasteiger partial charge in [0, 0.05) is 25.1 Å². The second-order valence-electron chi connectivity index (χ2n) is 5.53. The van der Waals surface area contributed by atoms with Crippen LogP contribution in [0.1, 0.15) is 24.4 Å². The number of sulfonamides is 1. The summed E-state index contributed by atoms with van der Waals surface area (Å²) in [7, 11) is -3.55. The molecule has 0 saturated carbocycles. The molecule has 0 radical (unpaired) electrons. The fourth-order valence-corrected chi connectivity index (χ4v) is 5.56. The first-order chi connectivity index (χ1) is 11.2. The fraction of sp³-hybridized carbons (Fsp3) is 0.250. The van der Waals surface area contributed by atoms with E-state index in [4.69, 9.17) is 0 Å². The fourth-order valence-electron chi connectivity index (χ4n) is 3.05. The van der Waals surface area contributed by atoms with Crippen molar-refractivity contribution in [3.63, 3.8) is 0 Å². The Morgan fingerprint density at radius 3 is 2.87 bits per heavy atom. The Hall–Kier alpha value is -1.83. The highest BCUT2D eigenvalue weighted by Crippen LogP contribution is 2.36. The van der Waals surface area contributed by atoms with E-state index in [2.05, 4.69) is 9.97 Å². The van der Waals surface area contributed by atoms with Crippen LogP contribution in [0.15, 0.2) is 53.1 Å². The normalized spacial score (nSPS) is 19.4. The minimum absolute atomic E-state index is 0.123. The molecule has 0 N–H and O–H groups in total. The van der Waals surface area contributed by atoms with Gasteiger partial charge in [0.15, 0.2) is 0 Å². The molecule has 5 nitrogen and oxygen atoms in total. The molecular formula is C16H15N3O2S2. The summed E-state index contributed by atoms with van der Waals surface area (Å²) in [5, 5.41) is 1.92. The number of thiophene rings is 1. The Balaban J connectivity index is 1.75. The van der Waals surface area contributed by atoms with Crippen molar-refractivity contribution in [2.75, 3.05) is 6.54 Å². The van der Waals surface area contributed by atoms with Crippen LogP contribution in [0, 0.1) is 0 Å². The van der Waals surface area contributed by atoms with Gasteiger partial charge in [0.2, 0.25) is 10.0 Å². The van der Waals surface area contributed by atoms with Crippen LogP contribution < -0.4 is 0 Å².